The number of hydrogen-bond donors (Lipinski definition) is 2. The van der Waals surface area contributed by atoms with Crippen molar-refractivity contribution < 1.29 is 9.90 Å². The van der Waals surface area contributed by atoms with Gasteiger partial charge in [0.05, 0.1) is 12.4 Å². The highest BCUT2D eigenvalue weighted by Gasteiger charge is 2.18. The zero-order chi connectivity index (χ0) is 13.7. The van der Waals surface area contributed by atoms with Crippen LogP contribution in [0.5, 0.6) is 0 Å². The van der Waals surface area contributed by atoms with Crippen LogP contribution in [0, 0.1) is 11.8 Å². The number of hydrogen-bond acceptors (Lipinski definition) is 4. The van der Waals surface area contributed by atoms with Crippen LogP contribution in [0.25, 0.3) is 0 Å². The first-order valence-electron chi connectivity index (χ1n) is 6.94. The van der Waals surface area contributed by atoms with Gasteiger partial charge < -0.3 is 10.4 Å². The fourth-order valence-electron chi connectivity index (χ4n) is 2.76. The predicted octanol–water partition coefficient (Wildman–Crippen LogP) is 2.80. The Balaban J connectivity index is 1.74. The van der Waals surface area contributed by atoms with Crippen LogP contribution in [-0.2, 0) is 0 Å². The maximum absolute atomic E-state index is 10.6. The molecule has 1 aliphatic rings. The molecule has 104 valence electrons. The lowest BCUT2D eigenvalue weighted by Gasteiger charge is -2.26. The number of carboxylic acids is 1. The lowest BCUT2D eigenvalue weighted by molar-refractivity contribution is 0.0690. The lowest BCUT2D eigenvalue weighted by Crippen LogP contribution is -2.17. The third kappa shape index (κ3) is 4.19. The third-order valence-electron chi connectivity index (χ3n) is 3.77. The summed E-state index contributed by atoms with van der Waals surface area (Å²) in [6.45, 7) is 3.20. The zero-order valence-electron chi connectivity index (χ0n) is 11.3. The van der Waals surface area contributed by atoms with Crippen molar-refractivity contribution in [3.8, 4) is 0 Å². The van der Waals surface area contributed by atoms with Gasteiger partial charge in [0, 0.05) is 6.54 Å². The van der Waals surface area contributed by atoms with Crippen molar-refractivity contribution in [2.24, 2.45) is 11.8 Å². The van der Waals surface area contributed by atoms with E-state index >= 15 is 0 Å². The number of carboxylic acid groups (broad SMARTS) is 1. The highest BCUT2D eigenvalue weighted by Crippen LogP contribution is 2.30. The molecule has 2 rings (SSSR count). The molecule has 0 aliphatic heterocycles. The van der Waals surface area contributed by atoms with Crippen molar-refractivity contribution >= 4 is 11.8 Å². The van der Waals surface area contributed by atoms with E-state index in [1.807, 2.05) is 0 Å². The maximum atomic E-state index is 10.6. The first kappa shape index (κ1) is 13.8. The van der Waals surface area contributed by atoms with Gasteiger partial charge in [-0.3, -0.25) is 0 Å². The van der Waals surface area contributed by atoms with E-state index in [1.54, 1.807) is 0 Å². The molecule has 1 fully saturated rings. The van der Waals surface area contributed by atoms with E-state index in [0.29, 0.717) is 5.82 Å². The summed E-state index contributed by atoms with van der Waals surface area (Å²) in [4.78, 5) is 18.5. The van der Waals surface area contributed by atoms with Crippen LogP contribution in [0.2, 0.25) is 0 Å². The minimum atomic E-state index is -1.05. The molecular formula is C14H21N3O2. The largest absolute Gasteiger partial charge is 0.476 e. The second-order valence-electron chi connectivity index (χ2n) is 5.45. The van der Waals surface area contributed by atoms with E-state index in [2.05, 4.69) is 22.2 Å². The summed E-state index contributed by atoms with van der Waals surface area (Å²) in [6, 6.07) is 0. The number of aromatic carboxylic acids is 1. The molecule has 2 N–H and O–H groups in total. The quantitative estimate of drug-likeness (QED) is 0.854. The fraction of sp³-hybridized carbons (Fsp3) is 0.643. The first-order chi connectivity index (χ1) is 9.15. The van der Waals surface area contributed by atoms with Crippen molar-refractivity contribution in [1.82, 2.24) is 9.97 Å². The zero-order valence-corrected chi connectivity index (χ0v) is 11.3. The number of nitrogens with one attached hydrogen (secondary N) is 1. The van der Waals surface area contributed by atoms with Crippen LogP contribution in [0.1, 0.15) is 49.5 Å². The number of rotatable bonds is 5. The topological polar surface area (TPSA) is 75.1 Å². The van der Waals surface area contributed by atoms with Crippen molar-refractivity contribution in [2.45, 2.75) is 39.0 Å². The Labute approximate surface area is 113 Å². The van der Waals surface area contributed by atoms with Gasteiger partial charge in [0.2, 0.25) is 0 Å². The normalized spacial score (nSPS) is 23.0. The molecule has 0 aromatic carbocycles. The van der Waals surface area contributed by atoms with E-state index in [4.69, 9.17) is 5.11 Å². The maximum Gasteiger partial charge on any atom is 0.356 e. The number of nitrogens with zero attached hydrogens (tertiary/aromatic N) is 2. The fourth-order valence-corrected chi connectivity index (χ4v) is 2.76. The Morgan fingerprint density at radius 3 is 2.89 bits per heavy atom. The predicted molar refractivity (Wildman–Crippen MR) is 73.2 cm³/mol. The van der Waals surface area contributed by atoms with Crippen LogP contribution in [-0.4, -0.2) is 27.6 Å². The Hall–Kier alpha value is -1.65. The summed E-state index contributed by atoms with van der Waals surface area (Å²) >= 11 is 0. The molecule has 0 spiro atoms. The molecule has 5 nitrogen and oxygen atoms in total. The molecule has 2 atom stereocenters. The summed E-state index contributed by atoms with van der Waals surface area (Å²) in [5.41, 5.74) is -0.0216. The van der Waals surface area contributed by atoms with Crippen LogP contribution >= 0.6 is 0 Å². The summed E-state index contributed by atoms with van der Waals surface area (Å²) in [7, 11) is 0. The van der Waals surface area contributed by atoms with Gasteiger partial charge in [-0.2, -0.15) is 0 Å². The Morgan fingerprint density at radius 1 is 1.42 bits per heavy atom. The van der Waals surface area contributed by atoms with Crippen molar-refractivity contribution in [3.05, 3.63) is 18.1 Å². The molecular weight excluding hydrogens is 242 g/mol. The lowest BCUT2D eigenvalue weighted by atomic mass is 9.81. The van der Waals surface area contributed by atoms with Crippen LogP contribution < -0.4 is 5.32 Å². The summed E-state index contributed by atoms with van der Waals surface area (Å²) in [5, 5.41) is 11.9. The van der Waals surface area contributed by atoms with Gasteiger partial charge in [0.15, 0.2) is 5.69 Å². The van der Waals surface area contributed by atoms with E-state index in [9.17, 15) is 4.79 Å². The van der Waals surface area contributed by atoms with Crippen LogP contribution in [0.4, 0.5) is 5.82 Å². The molecule has 1 aliphatic carbocycles. The molecule has 1 aromatic heterocycles. The number of carbonyl (C=O) groups is 1. The molecule has 5 heteroatoms. The average molecular weight is 263 g/mol. The molecule has 1 aromatic rings. The van der Waals surface area contributed by atoms with Gasteiger partial charge in [0.25, 0.3) is 0 Å². The van der Waals surface area contributed by atoms with E-state index in [1.165, 1.54) is 38.1 Å². The Morgan fingerprint density at radius 2 is 2.26 bits per heavy atom. The van der Waals surface area contributed by atoms with Gasteiger partial charge in [-0.15, -0.1) is 0 Å². The SMILES string of the molecule is CC1CCCC(CCNc2cnc(C(=O)O)cn2)C1. The minimum Gasteiger partial charge on any atom is -0.476 e. The van der Waals surface area contributed by atoms with Crippen molar-refractivity contribution in [2.75, 3.05) is 11.9 Å². The summed E-state index contributed by atoms with van der Waals surface area (Å²) < 4.78 is 0. The molecule has 0 bridgehead atoms. The molecule has 19 heavy (non-hydrogen) atoms. The Bertz CT molecular complexity index is 419. The van der Waals surface area contributed by atoms with Gasteiger partial charge in [0.1, 0.15) is 5.82 Å². The monoisotopic (exact) mass is 263 g/mol. The van der Waals surface area contributed by atoms with E-state index in [-0.39, 0.29) is 5.69 Å². The molecule has 0 radical (unpaired) electrons. The first-order valence-corrected chi connectivity index (χ1v) is 6.94. The van der Waals surface area contributed by atoms with Crippen LogP contribution in [0.3, 0.4) is 0 Å². The second kappa shape index (κ2) is 6.50. The van der Waals surface area contributed by atoms with Gasteiger partial charge >= 0.3 is 5.97 Å². The van der Waals surface area contributed by atoms with Gasteiger partial charge in [-0.05, 0) is 24.7 Å². The highest BCUT2D eigenvalue weighted by molar-refractivity contribution is 5.84. The average Bonchev–Trinajstić information content (AvgIpc) is 2.39. The highest BCUT2D eigenvalue weighted by atomic mass is 16.4. The smallest absolute Gasteiger partial charge is 0.356 e. The summed E-state index contributed by atoms with van der Waals surface area (Å²) in [6.07, 6.45) is 9.28. The summed E-state index contributed by atoms with van der Waals surface area (Å²) in [5.74, 6) is 1.26. The van der Waals surface area contributed by atoms with Crippen molar-refractivity contribution in [1.29, 1.82) is 0 Å². The third-order valence-corrected chi connectivity index (χ3v) is 3.77. The molecule has 2 unspecified atom stereocenters. The molecule has 0 saturated heterocycles. The van der Waals surface area contributed by atoms with Crippen molar-refractivity contribution in [3.63, 3.8) is 0 Å². The molecule has 1 heterocycles. The minimum absolute atomic E-state index is 0.0216. The number of aromatic nitrogens is 2. The second-order valence-corrected chi connectivity index (χ2v) is 5.45. The van der Waals surface area contributed by atoms with Gasteiger partial charge in [-0.25, -0.2) is 14.8 Å². The number of anilines is 1. The molecule has 0 amide bonds. The van der Waals surface area contributed by atoms with E-state index in [0.717, 1.165) is 24.8 Å². The molecule has 1 saturated carbocycles. The van der Waals surface area contributed by atoms with E-state index < -0.39 is 5.97 Å². The van der Waals surface area contributed by atoms with Crippen LogP contribution in [0.15, 0.2) is 12.4 Å². The van der Waals surface area contributed by atoms with Gasteiger partial charge in [-0.1, -0.05) is 26.2 Å². The Kier molecular flexibility index (Phi) is 4.71. The standard InChI is InChI=1S/C14H21N3O2/c1-10-3-2-4-11(7-10)5-6-15-13-9-16-12(8-17-13)14(18)19/h8-11H,2-7H2,1H3,(H,15,17)(H,18,19).